The number of methoxy groups -OCH3 is 1. The fourth-order valence-electron chi connectivity index (χ4n) is 3.51. The SMILES string of the molecule is CCNC(=NCc1ccc(C)cc1OCCOC)NCCC(=O)NC1CCCCC1. The van der Waals surface area contributed by atoms with E-state index in [1.54, 1.807) is 7.11 Å². The molecule has 7 nitrogen and oxygen atoms in total. The van der Waals surface area contributed by atoms with E-state index in [9.17, 15) is 4.79 Å². The molecule has 1 aliphatic carbocycles. The lowest BCUT2D eigenvalue weighted by Crippen LogP contribution is -2.41. The van der Waals surface area contributed by atoms with Crippen molar-refractivity contribution in [3.8, 4) is 5.75 Å². The molecule has 168 valence electrons. The number of ether oxygens (including phenoxy) is 2. The number of aliphatic imine (C=N–C) groups is 1. The van der Waals surface area contributed by atoms with Gasteiger partial charge in [0.15, 0.2) is 5.96 Å². The fourth-order valence-corrected chi connectivity index (χ4v) is 3.51. The van der Waals surface area contributed by atoms with Gasteiger partial charge in [0.25, 0.3) is 0 Å². The van der Waals surface area contributed by atoms with Crippen LogP contribution in [-0.4, -0.2) is 51.3 Å². The Morgan fingerprint density at radius 1 is 1.17 bits per heavy atom. The summed E-state index contributed by atoms with van der Waals surface area (Å²) in [6, 6.07) is 6.48. The summed E-state index contributed by atoms with van der Waals surface area (Å²) in [6.45, 7) is 6.92. The van der Waals surface area contributed by atoms with Crippen LogP contribution in [0, 0.1) is 6.92 Å². The van der Waals surface area contributed by atoms with E-state index < -0.39 is 0 Å². The van der Waals surface area contributed by atoms with Crippen molar-refractivity contribution in [2.45, 2.75) is 65.0 Å². The van der Waals surface area contributed by atoms with Gasteiger partial charge in [-0.05, 0) is 38.3 Å². The number of rotatable bonds is 11. The molecule has 1 fully saturated rings. The second-order valence-corrected chi connectivity index (χ2v) is 7.73. The summed E-state index contributed by atoms with van der Waals surface area (Å²) in [5.74, 6) is 1.64. The highest BCUT2D eigenvalue weighted by Crippen LogP contribution is 2.21. The molecule has 0 unspecified atom stereocenters. The summed E-state index contributed by atoms with van der Waals surface area (Å²) in [7, 11) is 1.66. The molecule has 1 aliphatic rings. The Hall–Kier alpha value is -2.28. The lowest BCUT2D eigenvalue weighted by atomic mass is 9.95. The third-order valence-corrected chi connectivity index (χ3v) is 5.13. The molecule has 0 heterocycles. The second-order valence-electron chi connectivity index (χ2n) is 7.73. The fraction of sp³-hybridized carbons (Fsp3) is 0.652. The maximum Gasteiger partial charge on any atom is 0.221 e. The molecule has 0 saturated heterocycles. The molecule has 1 saturated carbocycles. The van der Waals surface area contributed by atoms with Crippen LogP contribution in [0.2, 0.25) is 0 Å². The van der Waals surface area contributed by atoms with Gasteiger partial charge in [-0.2, -0.15) is 0 Å². The Labute approximate surface area is 181 Å². The van der Waals surface area contributed by atoms with E-state index in [0.717, 1.165) is 36.3 Å². The van der Waals surface area contributed by atoms with Gasteiger partial charge in [0.1, 0.15) is 12.4 Å². The molecule has 1 aromatic carbocycles. The second kappa shape index (κ2) is 13.9. The molecular weight excluding hydrogens is 380 g/mol. The Kier molecular flexibility index (Phi) is 11.1. The van der Waals surface area contributed by atoms with Gasteiger partial charge >= 0.3 is 0 Å². The number of amides is 1. The quantitative estimate of drug-likeness (QED) is 0.292. The van der Waals surface area contributed by atoms with Crippen LogP contribution in [0.3, 0.4) is 0 Å². The first kappa shape index (κ1) is 24.0. The lowest BCUT2D eigenvalue weighted by molar-refractivity contribution is -0.121. The smallest absolute Gasteiger partial charge is 0.221 e. The van der Waals surface area contributed by atoms with Gasteiger partial charge in [0, 0.05) is 38.2 Å². The Balaban J connectivity index is 1.85. The monoisotopic (exact) mass is 418 g/mol. The highest BCUT2D eigenvalue weighted by Gasteiger charge is 2.15. The maximum absolute atomic E-state index is 12.2. The first-order chi connectivity index (χ1) is 14.6. The van der Waals surface area contributed by atoms with Crippen molar-refractivity contribution in [2.24, 2.45) is 4.99 Å². The molecule has 30 heavy (non-hydrogen) atoms. The van der Waals surface area contributed by atoms with Crippen molar-refractivity contribution in [1.29, 1.82) is 0 Å². The molecule has 1 amide bonds. The molecule has 1 aromatic rings. The van der Waals surface area contributed by atoms with E-state index in [0.29, 0.717) is 44.7 Å². The minimum atomic E-state index is 0.109. The predicted octanol–water partition coefficient (Wildman–Crippen LogP) is 2.91. The first-order valence-corrected chi connectivity index (χ1v) is 11.1. The van der Waals surface area contributed by atoms with Crippen LogP contribution in [0.4, 0.5) is 0 Å². The highest BCUT2D eigenvalue weighted by atomic mass is 16.5. The van der Waals surface area contributed by atoms with Crippen LogP contribution in [0.5, 0.6) is 5.75 Å². The van der Waals surface area contributed by atoms with Gasteiger partial charge < -0.3 is 25.4 Å². The summed E-state index contributed by atoms with van der Waals surface area (Å²) < 4.78 is 10.9. The topological polar surface area (TPSA) is 84.0 Å². The summed E-state index contributed by atoms with van der Waals surface area (Å²) in [6.07, 6.45) is 6.38. The zero-order valence-electron chi connectivity index (χ0n) is 18.8. The van der Waals surface area contributed by atoms with Crippen molar-refractivity contribution in [2.75, 3.05) is 33.4 Å². The van der Waals surface area contributed by atoms with Crippen LogP contribution in [0.1, 0.15) is 56.6 Å². The normalized spacial score (nSPS) is 15.0. The number of nitrogens with one attached hydrogen (secondary N) is 3. The largest absolute Gasteiger partial charge is 0.491 e. The number of carbonyl (C=O) groups is 1. The van der Waals surface area contributed by atoms with Crippen LogP contribution >= 0.6 is 0 Å². The van der Waals surface area contributed by atoms with Crippen molar-refractivity contribution in [3.63, 3.8) is 0 Å². The maximum atomic E-state index is 12.2. The van der Waals surface area contributed by atoms with Gasteiger partial charge in [-0.25, -0.2) is 4.99 Å². The number of benzene rings is 1. The number of carbonyl (C=O) groups excluding carboxylic acids is 1. The van der Waals surface area contributed by atoms with Crippen molar-refractivity contribution < 1.29 is 14.3 Å². The zero-order valence-corrected chi connectivity index (χ0v) is 18.8. The average Bonchev–Trinajstić information content (AvgIpc) is 2.74. The van der Waals surface area contributed by atoms with E-state index in [-0.39, 0.29) is 5.91 Å². The van der Waals surface area contributed by atoms with E-state index in [4.69, 9.17) is 9.47 Å². The average molecular weight is 419 g/mol. The molecule has 3 N–H and O–H groups in total. The molecule has 0 radical (unpaired) electrons. The number of hydrogen-bond donors (Lipinski definition) is 3. The van der Waals surface area contributed by atoms with Gasteiger partial charge in [-0.15, -0.1) is 0 Å². The molecule has 0 aliphatic heterocycles. The van der Waals surface area contributed by atoms with Gasteiger partial charge in [-0.1, -0.05) is 31.4 Å². The predicted molar refractivity (Wildman–Crippen MR) is 121 cm³/mol. The van der Waals surface area contributed by atoms with E-state index >= 15 is 0 Å². The lowest BCUT2D eigenvalue weighted by Gasteiger charge is -2.22. The zero-order chi connectivity index (χ0) is 21.6. The number of hydrogen-bond acceptors (Lipinski definition) is 4. The third kappa shape index (κ3) is 9.03. The third-order valence-electron chi connectivity index (χ3n) is 5.13. The minimum absolute atomic E-state index is 0.109. The van der Waals surface area contributed by atoms with E-state index in [1.165, 1.54) is 19.3 Å². The molecule has 0 bridgehead atoms. The summed E-state index contributed by atoms with van der Waals surface area (Å²) in [5, 5.41) is 9.65. The van der Waals surface area contributed by atoms with Crippen LogP contribution in [0.25, 0.3) is 0 Å². The van der Waals surface area contributed by atoms with Crippen molar-refractivity contribution in [3.05, 3.63) is 29.3 Å². The van der Waals surface area contributed by atoms with Crippen molar-refractivity contribution in [1.82, 2.24) is 16.0 Å². The molecule has 0 aromatic heterocycles. The molecular formula is C23H38N4O3. The van der Waals surface area contributed by atoms with Crippen molar-refractivity contribution >= 4 is 11.9 Å². The minimum Gasteiger partial charge on any atom is -0.491 e. The molecule has 7 heteroatoms. The molecule has 2 rings (SSSR count). The summed E-state index contributed by atoms with van der Waals surface area (Å²) in [4.78, 5) is 16.9. The summed E-state index contributed by atoms with van der Waals surface area (Å²) >= 11 is 0. The van der Waals surface area contributed by atoms with Crippen LogP contribution in [0.15, 0.2) is 23.2 Å². The van der Waals surface area contributed by atoms with E-state index in [1.807, 2.05) is 26.0 Å². The van der Waals surface area contributed by atoms with E-state index in [2.05, 4.69) is 27.0 Å². The highest BCUT2D eigenvalue weighted by molar-refractivity contribution is 5.81. The number of guanidine groups is 1. The Bertz CT molecular complexity index is 672. The number of nitrogens with zero attached hydrogens (tertiary/aromatic N) is 1. The van der Waals surface area contributed by atoms with Gasteiger partial charge in [-0.3, -0.25) is 4.79 Å². The number of aryl methyl sites for hydroxylation is 1. The Morgan fingerprint density at radius 3 is 2.70 bits per heavy atom. The van der Waals surface area contributed by atoms with Gasteiger partial charge in [0.05, 0.1) is 13.2 Å². The summed E-state index contributed by atoms with van der Waals surface area (Å²) in [5.41, 5.74) is 2.16. The standard InChI is InChI=1S/C23H38N4O3/c1-4-24-23(25-13-12-22(28)27-20-8-6-5-7-9-20)26-17-19-11-10-18(2)16-21(19)30-15-14-29-3/h10-11,16,20H,4-9,12-15,17H2,1-3H3,(H,27,28)(H2,24,25,26). The molecule has 0 atom stereocenters. The first-order valence-electron chi connectivity index (χ1n) is 11.1. The van der Waals surface area contributed by atoms with Gasteiger partial charge in [0.2, 0.25) is 5.91 Å². The molecule has 0 spiro atoms. The van der Waals surface area contributed by atoms with Crippen LogP contribution in [-0.2, 0) is 16.1 Å². The Morgan fingerprint density at radius 2 is 1.97 bits per heavy atom. The van der Waals surface area contributed by atoms with Crippen LogP contribution < -0.4 is 20.7 Å².